The average Bonchev–Trinajstić information content (AvgIpc) is 2.53. The van der Waals surface area contributed by atoms with Crippen molar-refractivity contribution in [3.05, 3.63) is 65.7 Å². The van der Waals surface area contributed by atoms with Gasteiger partial charge in [-0.2, -0.15) is 0 Å². The minimum absolute atomic E-state index is 0.569. The lowest BCUT2D eigenvalue weighted by Crippen LogP contribution is -1.97. The van der Waals surface area contributed by atoms with Gasteiger partial charge in [0.05, 0.1) is 12.8 Å². The SMILES string of the molecule is COc1ccc(C(=C/c2ccccc2)/C(C)=N/O)cc1. The molecule has 0 unspecified atom stereocenters. The number of ether oxygens (including phenoxy) is 1. The highest BCUT2D eigenvalue weighted by Gasteiger charge is 2.06. The van der Waals surface area contributed by atoms with E-state index in [9.17, 15) is 0 Å². The van der Waals surface area contributed by atoms with E-state index < -0.39 is 0 Å². The third-order valence-corrected chi connectivity index (χ3v) is 3.05. The first-order valence-corrected chi connectivity index (χ1v) is 6.35. The molecule has 102 valence electrons. The summed E-state index contributed by atoms with van der Waals surface area (Å²) in [6.45, 7) is 1.78. The van der Waals surface area contributed by atoms with Gasteiger partial charge in [-0.15, -0.1) is 0 Å². The van der Waals surface area contributed by atoms with Crippen molar-refractivity contribution >= 4 is 17.4 Å². The van der Waals surface area contributed by atoms with E-state index in [1.54, 1.807) is 14.0 Å². The molecule has 0 spiro atoms. The van der Waals surface area contributed by atoms with Crippen LogP contribution in [-0.4, -0.2) is 18.0 Å². The Kier molecular flexibility index (Phi) is 4.56. The van der Waals surface area contributed by atoms with E-state index in [-0.39, 0.29) is 0 Å². The minimum Gasteiger partial charge on any atom is -0.497 e. The highest BCUT2D eigenvalue weighted by Crippen LogP contribution is 2.22. The Balaban J connectivity index is 2.45. The number of rotatable bonds is 4. The largest absolute Gasteiger partial charge is 0.497 e. The molecule has 3 nitrogen and oxygen atoms in total. The zero-order valence-corrected chi connectivity index (χ0v) is 11.6. The topological polar surface area (TPSA) is 41.8 Å². The molecule has 0 aromatic heterocycles. The van der Waals surface area contributed by atoms with Crippen molar-refractivity contribution in [2.24, 2.45) is 5.16 Å². The van der Waals surface area contributed by atoms with Gasteiger partial charge < -0.3 is 9.94 Å². The molecular weight excluding hydrogens is 250 g/mol. The summed E-state index contributed by atoms with van der Waals surface area (Å²) in [6.07, 6.45) is 2.00. The molecule has 2 aromatic carbocycles. The Morgan fingerprint density at radius 2 is 1.70 bits per heavy atom. The summed E-state index contributed by atoms with van der Waals surface area (Å²) in [4.78, 5) is 0. The second kappa shape index (κ2) is 6.57. The summed E-state index contributed by atoms with van der Waals surface area (Å²) in [5.74, 6) is 0.798. The fraction of sp³-hybridized carbons (Fsp3) is 0.118. The number of methoxy groups -OCH3 is 1. The van der Waals surface area contributed by atoms with E-state index in [2.05, 4.69) is 5.16 Å². The first-order chi connectivity index (χ1) is 9.74. The fourth-order valence-corrected chi connectivity index (χ4v) is 1.94. The predicted octanol–water partition coefficient (Wildman–Crippen LogP) is 4.09. The summed E-state index contributed by atoms with van der Waals surface area (Å²) in [5.41, 5.74) is 3.48. The van der Waals surface area contributed by atoms with Gasteiger partial charge in [-0.05, 0) is 36.3 Å². The van der Waals surface area contributed by atoms with Crippen LogP contribution in [0.2, 0.25) is 0 Å². The molecule has 0 aliphatic carbocycles. The van der Waals surface area contributed by atoms with Gasteiger partial charge in [-0.1, -0.05) is 47.6 Å². The highest BCUT2D eigenvalue weighted by atomic mass is 16.5. The number of allylic oxidation sites excluding steroid dienone is 1. The maximum atomic E-state index is 9.07. The maximum Gasteiger partial charge on any atom is 0.118 e. The first kappa shape index (κ1) is 13.9. The molecule has 0 saturated heterocycles. The lowest BCUT2D eigenvalue weighted by atomic mass is 9.99. The molecule has 0 amide bonds. The van der Waals surface area contributed by atoms with Crippen LogP contribution in [0.4, 0.5) is 0 Å². The van der Waals surface area contributed by atoms with Crippen molar-refractivity contribution in [1.82, 2.24) is 0 Å². The standard InChI is InChI=1S/C17H17NO2/c1-13(18-19)17(12-14-6-4-3-5-7-14)15-8-10-16(20-2)11-9-15/h3-12,19H,1-2H3/b17-12+,18-13+. The van der Waals surface area contributed by atoms with Crippen molar-refractivity contribution in [1.29, 1.82) is 0 Å². The van der Waals surface area contributed by atoms with Crippen LogP contribution in [0.1, 0.15) is 18.1 Å². The summed E-state index contributed by atoms with van der Waals surface area (Å²) in [6, 6.07) is 17.6. The number of hydrogen-bond acceptors (Lipinski definition) is 3. The van der Waals surface area contributed by atoms with Crippen LogP contribution in [0.3, 0.4) is 0 Å². The molecule has 3 heteroatoms. The van der Waals surface area contributed by atoms with Gasteiger partial charge in [0.25, 0.3) is 0 Å². The lowest BCUT2D eigenvalue weighted by Gasteiger charge is -2.08. The van der Waals surface area contributed by atoms with Gasteiger partial charge in [0.2, 0.25) is 0 Å². The summed E-state index contributed by atoms with van der Waals surface area (Å²) >= 11 is 0. The molecule has 0 heterocycles. The third-order valence-electron chi connectivity index (χ3n) is 3.05. The molecule has 0 fully saturated rings. The van der Waals surface area contributed by atoms with Crippen LogP contribution in [0.5, 0.6) is 5.75 Å². The van der Waals surface area contributed by atoms with E-state index >= 15 is 0 Å². The van der Waals surface area contributed by atoms with Gasteiger partial charge >= 0.3 is 0 Å². The van der Waals surface area contributed by atoms with Gasteiger partial charge in [-0.3, -0.25) is 0 Å². The highest BCUT2D eigenvalue weighted by molar-refractivity contribution is 6.26. The summed E-state index contributed by atoms with van der Waals surface area (Å²) in [5, 5.41) is 12.4. The van der Waals surface area contributed by atoms with Crippen LogP contribution in [-0.2, 0) is 0 Å². The number of benzene rings is 2. The molecule has 0 aliphatic rings. The molecule has 20 heavy (non-hydrogen) atoms. The normalized spacial score (nSPS) is 12.3. The molecule has 1 N–H and O–H groups in total. The van der Waals surface area contributed by atoms with Crippen LogP contribution < -0.4 is 4.74 Å². The molecule has 2 aromatic rings. The lowest BCUT2D eigenvalue weighted by molar-refractivity contribution is 0.319. The van der Waals surface area contributed by atoms with E-state index in [1.807, 2.05) is 60.7 Å². The molecule has 0 radical (unpaired) electrons. The van der Waals surface area contributed by atoms with Crippen LogP contribution in [0.15, 0.2) is 59.8 Å². The molecule has 2 rings (SSSR count). The second-order valence-electron chi connectivity index (χ2n) is 4.38. The average molecular weight is 267 g/mol. The zero-order valence-electron chi connectivity index (χ0n) is 11.6. The van der Waals surface area contributed by atoms with Crippen molar-refractivity contribution in [2.75, 3.05) is 7.11 Å². The van der Waals surface area contributed by atoms with Crippen LogP contribution in [0, 0.1) is 0 Å². The minimum atomic E-state index is 0.569. The Morgan fingerprint density at radius 3 is 2.25 bits per heavy atom. The third kappa shape index (κ3) is 3.26. The van der Waals surface area contributed by atoms with Crippen molar-refractivity contribution in [3.63, 3.8) is 0 Å². The summed E-state index contributed by atoms with van der Waals surface area (Å²) in [7, 11) is 1.64. The Labute approximate surface area is 118 Å². The van der Waals surface area contributed by atoms with E-state index in [0.29, 0.717) is 5.71 Å². The smallest absolute Gasteiger partial charge is 0.118 e. The Hall–Kier alpha value is -2.55. The van der Waals surface area contributed by atoms with Crippen molar-refractivity contribution < 1.29 is 9.94 Å². The van der Waals surface area contributed by atoms with Crippen molar-refractivity contribution in [3.8, 4) is 5.75 Å². The van der Waals surface area contributed by atoms with E-state index in [0.717, 1.165) is 22.4 Å². The number of hydrogen-bond donors (Lipinski definition) is 1. The zero-order chi connectivity index (χ0) is 14.4. The van der Waals surface area contributed by atoms with Gasteiger partial charge in [0, 0.05) is 5.57 Å². The molecule has 0 bridgehead atoms. The van der Waals surface area contributed by atoms with Gasteiger partial charge in [0.1, 0.15) is 5.75 Å². The molecule has 0 saturated carbocycles. The summed E-state index contributed by atoms with van der Waals surface area (Å²) < 4.78 is 5.15. The van der Waals surface area contributed by atoms with Gasteiger partial charge in [-0.25, -0.2) is 0 Å². The van der Waals surface area contributed by atoms with Crippen LogP contribution in [0.25, 0.3) is 11.6 Å². The number of oxime groups is 1. The van der Waals surface area contributed by atoms with Crippen molar-refractivity contribution in [2.45, 2.75) is 6.92 Å². The van der Waals surface area contributed by atoms with Crippen LogP contribution >= 0.6 is 0 Å². The molecular formula is C17H17NO2. The quantitative estimate of drug-likeness (QED) is 0.392. The molecule has 0 aliphatic heterocycles. The predicted molar refractivity (Wildman–Crippen MR) is 82.2 cm³/mol. The van der Waals surface area contributed by atoms with Gasteiger partial charge in [0.15, 0.2) is 0 Å². The fourth-order valence-electron chi connectivity index (χ4n) is 1.94. The Bertz CT molecular complexity index is 613. The van der Waals surface area contributed by atoms with E-state index in [4.69, 9.17) is 9.94 Å². The Morgan fingerprint density at radius 1 is 1.05 bits per heavy atom. The number of nitrogens with zero attached hydrogens (tertiary/aromatic N) is 1. The second-order valence-corrected chi connectivity index (χ2v) is 4.38. The molecule has 0 atom stereocenters. The van der Waals surface area contributed by atoms with E-state index in [1.165, 1.54) is 0 Å². The monoisotopic (exact) mass is 267 g/mol. The maximum absolute atomic E-state index is 9.07. The first-order valence-electron chi connectivity index (χ1n) is 6.35.